The third-order valence-corrected chi connectivity index (χ3v) is 9.44. The van der Waals surface area contributed by atoms with E-state index in [9.17, 15) is 9.59 Å². The summed E-state index contributed by atoms with van der Waals surface area (Å²) in [4.78, 5) is 48.8. The second kappa shape index (κ2) is 15.2. The fourth-order valence-electron chi connectivity index (χ4n) is 6.95. The van der Waals surface area contributed by atoms with Crippen LogP contribution in [-0.2, 0) is 20.9 Å². The fraction of sp³-hybridized carbons (Fsp3) is 0.375. The zero-order chi connectivity index (χ0) is 35.4. The predicted molar refractivity (Wildman–Crippen MR) is 190 cm³/mol. The zero-order valence-electron chi connectivity index (χ0n) is 29.0. The number of rotatable bonds is 15. The first kappa shape index (κ1) is 34.8. The first-order chi connectivity index (χ1) is 24.3. The maximum Gasteiger partial charge on any atom is 0.254 e. The fourth-order valence-corrected chi connectivity index (χ4v) is 6.95. The number of methoxy groups -OCH3 is 1. The van der Waals surface area contributed by atoms with Crippen LogP contribution in [-0.4, -0.2) is 73.3 Å². The van der Waals surface area contributed by atoms with E-state index < -0.39 is 18.1 Å². The highest BCUT2D eigenvalue weighted by molar-refractivity contribution is 6.03. The largest absolute Gasteiger partial charge is 0.497 e. The molecule has 3 amide bonds. The molecule has 0 unspecified atom stereocenters. The molecule has 0 N–H and O–H groups in total. The topological polar surface area (TPSA) is 97.9 Å². The lowest BCUT2D eigenvalue weighted by molar-refractivity contribution is -0.141. The van der Waals surface area contributed by atoms with Crippen molar-refractivity contribution in [2.45, 2.75) is 51.4 Å². The van der Waals surface area contributed by atoms with Gasteiger partial charge < -0.3 is 33.6 Å². The molecule has 2 heterocycles. The lowest BCUT2D eigenvalue weighted by atomic mass is 9.97. The van der Waals surface area contributed by atoms with Gasteiger partial charge in [0.15, 0.2) is 11.5 Å². The Morgan fingerprint density at radius 2 is 1.68 bits per heavy atom. The van der Waals surface area contributed by atoms with Gasteiger partial charge >= 0.3 is 0 Å². The zero-order valence-corrected chi connectivity index (χ0v) is 29.0. The summed E-state index contributed by atoms with van der Waals surface area (Å²) in [6.45, 7) is 12.5. The van der Waals surface area contributed by atoms with Crippen LogP contribution < -0.4 is 19.1 Å². The van der Waals surface area contributed by atoms with Crippen molar-refractivity contribution in [3.63, 3.8) is 0 Å². The van der Waals surface area contributed by atoms with Crippen LogP contribution in [0.3, 0.4) is 0 Å². The van der Waals surface area contributed by atoms with Crippen molar-refractivity contribution >= 4 is 23.4 Å². The molecule has 10 heteroatoms. The molecule has 6 rings (SSSR count). The lowest BCUT2D eigenvalue weighted by Gasteiger charge is -2.40. The smallest absolute Gasteiger partial charge is 0.254 e. The van der Waals surface area contributed by atoms with Crippen molar-refractivity contribution in [3.8, 4) is 17.2 Å². The summed E-state index contributed by atoms with van der Waals surface area (Å²) < 4.78 is 23.2. The summed E-state index contributed by atoms with van der Waals surface area (Å²) in [5.41, 5.74) is 2.69. The number of benzene rings is 3. The van der Waals surface area contributed by atoms with Gasteiger partial charge in [-0.15, -0.1) is 13.2 Å². The standard InChI is InChI=1S/C40H45N3O7/c1-6-19-41(38(44)29-15-16-29)36(26(3)4)40(46)43-32-22-35-34(49-25-50-35)21-31(32)37(33(43)24-48-20-7-2)42(39(45)28-11-9-8-10-12-28)23-27-13-17-30(47-5)18-14-27/h6-14,17-18,21-22,26,29,33,36-37H,1-2,15-16,19-20,23-25H2,3-5H3/t33-,36+,37+/m1/s1. The van der Waals surface area contributed by atoms with E-state index >= 15 is 4.79 Å². The molecule has 1 saturated carbocycles. The number of amides is 3. The van der Waals surface area contributed by atoms with Gasteiger partial charge in [-0.25, -0.2) is 0 Å². The van der Waals surface area contributed by atoms with E-state index in [1.807, 2.05) is 68.4 Å². The Bertz CT molecular complexity index is 1720. The molecule has 1 aliphatic carbocycles. The van der Waals surface area contributed by atoms with Gasteiger partial charge in [-0.2, -0.15) is 0 Å². The SMILES string of the molecule is C=CCOC[C@@H]1[C@@H](N(Cc2ccc(OC)cc2)C(=O)c2ccccc2)c2cc3c(cc2N1C(=O)[C@H](C(C)C)N(CC=C)C(=O)C1CC1)OCO3. The first-order valence-corrected chi connectivity index (χ1v) is 17.1. The van der Waals surface area contributed by atoms with E-state index in [1.54, 1.807) is 46.1 Å². The van der Waals surface area contributed by atoms with Gasteiger partial charge in [-0.1, -0.05) is 56.3 Å². The monoisotopic (exact) mass is 679 g/mol. The molecule has 0 saturated heterocycles. The molecular formula is C40H45N3O7. The quantitative estimate of drug-likeness (QED) is 0.140. The van der Waals surface area contributed by atoms with E-state index in [2.05, 4.69) is 13.2 Å². The van der Waals surface area contributed by atoms with Crippen molar-refractivity contribution in [1.82, 2.24) is 9.80 Å². The van der Waals surface area contributed by atoms with E-state index in [0.29, 0.717) is 28.5 Å². The van der Waals surface area contributed by atoms with Gasteiger partial charge in [0.25, 0.3) is 11.8 Å². The Balaban J connectivity index is 1.51. The van der Waals surface area contributed by atoms with Gasteiger partial charge in [0, 0.05) is 36.2 Å². The normalized spacial score (nSPS) is 18.0. The number of hydrogen-bond donors (Lipinski definition) is 0. The highest BCUT2D eigenvalue weighted by atomic mass is 16.7. The van der Waals surface area contributed by atoms with Gasteiger partial charge in [0.2, 0.25) is 12.7 Å². The minimum absolute atomic E-state index is 0.0405. The van der Waals surface area contributed by atoms with E-state index in [0.717, 1.165) is 24.0 Å². The summed E-state index contributed by atoms with van der Waals surface area (Å²) in [6.07, 6.45) is 4.94. The van der Waals surface area contributed by atoms with Gasteiger partial charge in [0.05, 0.1) is 38.1 Å². The molecule has 3 atom stereocenters. The molecule has 0 aromatic heterocycles. The van der Waals surface area contributed by atoms with Crippen LogP contribution >= 0.6 is 0 Å². The van der Waals surface area contributed by atoms with Crippen molar-refractivity contribution in [1.29, 1.82) is 0 Å². The Hall–Kier alpha value is -5.09. The van der Waals surface area contributed by atoms with Crippen molar-refractivity contribution in [2.24, 2.45) is 11.8 Å². The van der Waals surface area contributed by atoms with E-state index in [-0.39, 0.29) is 62.7 Å². The van der Waals surface area contributed by atoms with Crippen LogP contribution in [0.4, 0.5) is 5.69 Å². The van der Waals surface area contributed by atoms with Crippen molar-refractivity contribution < 1.29 is 33.3 Å². The molecule has 1 fully saturated rings. The van der Waals surface area contributed by atoms with Gasteiger partial charge in [0.1, 0.15) is 11.8 Å². The van der Waals surface area contributed by atoms with Crippen molar-refractivity contribution in [2.75, 3.05) is 38.6 Å². The summed E-state index contributed by atoms with van der Waals surface area (Å²) in [5.74, 6) is 0.900. The molecular weight excluding hydrogens is 634 g/mol. The number of nitrogens with zero attached hydrogens (tertiary/aromatic N) is 3. The second-order valence-electron chi connectivity index (χ2n) is 13.2. The highest BCUT2D eigenvalue weighted by Crippen LogP contribution is 2.50. The highest BCUT2D eigenvalue weighted by Gasteiger charge is 2.50. The first-order valence-electron chi connectivity index (χ1n) is 17.1. The summed E-state index contributed by atoms with van der Waals surface area (Å²) in [7, 11) is 1.61. The summed E-state index contributed by atoms with van der Waals surface area (Å²) >= 11 is 0. The maximum atomic E-state index is 15.2. The van der Waals surface area contributed by atoms with Crippen LogP contribution in [0.5, 0.6) is 17.2 Å². The van der Waals surface area contributed by atoms with Crippen LogP contribution in [0.2, 0.25) is 0 Å². The Morgan fingerprint density at radius 3 is 2.30 bits per heavy atom. The molecule has 0 bridgehead atoms. The summed E-state index contributed by atoms with van der Waals surface area (Å²) in [5, 5.41) is 0. The van der Waals surface area contributed by atoms with E-state index in [4.69, 9.17) is 18.9 Å². The Labute approximate surface area is 293 Å². The van der Waals surface area contributed by atoms with Gasteiger partial charge in [-0.3, -0.25) is 14.4 Å². The molecule has 262 valence electrons. The molecule has 0 spiro atoms. The second-order valence-corrected chi connectivity index (χ2v) is 13.2. The van der Waals surface area contributed by atoms with Crippen LogP contribution in [0, 0.1) is 11.8 Å². The van der Waals surface area contributed by atoms with Crippen LogP contribution in [0.25, 0.3) is 0 Å². The molecule has 3 aliphatic rings. The maximum absolute atomic E-state index is 15.2. The Morgan fingerprint density at radius 1 is 0.980 bits per heavy atom. The molecule has 2 aliphatic heterocycles. The van der Waals surface area contributed by atoms with Crippen LogP contribution in [0.15, 0.2) is 92.0 Å². The average Bonchev–Trinajstić information content (AvgIpc) is 3.80. The number of fused-ring (bicyclic) bond motifs is 2. The molecule has 50 heavy (non-hydrogen) atoms. The number of carbonyl (C=O) groups excluding carboxylic acids is 3. The lowest BCUT2D eigenvalue weighted by Crippen LogP contribution is -2.57. The minimum Gasteiger partial charge on any atom is -0.497 e. The Kier molecular flexibility index (Phi) is 10.6. The summed E-state index contributed by atoms with van der Waals surface area (Å²) in [6, 6.07) is 18.2. The number of anilines is 1. The average molecular weight is 680 g/mol. The van der Waals surface area contributed by atoms with Crippen molar-refractivity contribution in [3.05, 3.63) is 109 Å². The minimum atomic E-state index is -0.792. The molecule has 3 aromatic rings. The van der Waals surface area contributed by atoms with E-state index in [1.165, 1.54) is 0 Å². The molecule has 3 aromatic carbocycles. The van der Waals surface area contributed by atoms with Crippen LogP contribution in [0.1, 0.15) is 54.2 Å². The van der Waals surface area contributed by atoms with Gasteiger partial charge in [-0.05, 0) is 54.7 Å². The number of carbonyl (C=O) groups is 3. The molecule has 10 nitrogen and oxygen atoms in total. The number of hydrogen-bond acceptors (Lipinski definition) is 7. The molecule has 0 radical (unpaired) electrons. The predicted octanol–water partition coefficient (Wildman–Crippen LogP) is 6.17. The number of ether oxygens (including phenoxy) is 4. The third kappa shape index (κ3) is 6.98. The third-order valence-electron chi connectivity index (χ3n) is 9.44.